The summed E-state index contributed by atoms with van der Waals surface area (Å²) < 4.78 is 11.6. The summed E-state index contributed by atoms with van der Waals surface area (Å²) >= 11 is 0. The van der Waals surface area contributed by atoms with Gasteiger partial charge in [-0.1, -0.05) is 53.2 Å². The molecule has 1 aromatic carbocycles. The molecular formula is C43H62O13. The number of hydrogen-bond acceptors (Lipinski definition) is 13. The number of allylic oxidation sites excluding steroid dienone is 2. The highest BCUT2D eigenvalue weighted by Gasteiger charge is 2.71. The van der Waals surface area contributed by atoms with Gasteiger partial charge in [-0.05, 0) is 109 Å². The molecule has 1 aromatic rings. The first-order valence-corrected chi connectivity index (χ1v) is 20.4. The molecule has 13 nitrogen and oxygen atoms in total. The average molecular weight is 787 g/mol. The SMILES string of the molecule is CC1(C)CC[C@]2(C(=O)O[C@@H]3O[C@H](CO)[C@@H](O)[C@H](O)[C@H]3O)CC[C@]3(C)C(=CC[C@@H]4[C@@]5(C)C[C@@H](O)[C@H](O)[C@@](C)(CC(=O)c6cc(O)c(O)c(O)c6)[C@@H]5CC[C@]43C)[C@@H]2C1. The summed E-state index contributed by atoms with van der Waals surface area (Å²) in [5.41, 5.74) is -2.01. The van der Waals surface area contributed by atoms with Crippen LogP contribution in [0.1, 0.15) is 116 Å². The van der Waals surface area contributed by atoms with Crippen molar-refractivity contribution in [2.45, 2.75) is 149 Å². The molecule has 13 heteroatoms. The summed E-state index contributed by atoms with van der Waals surface area (Å²) in [5, 5.41) is 94.8. The van der Waals surface area contributed by atoms with E-state index in [1.807, 2.05) is 6.92 Å². The maximum atomic E-state index is 14.6. The Labute approximate surface area is 328 Å². The van der Waals surface area contributed by atoms with Gasteiger partial charge in [0.05, 0.1) is 24.2 Å². The van der Waals surface area contributed by atoms with Crippen molar-refractivity contribution in [1.82, 2.24) is 0 Å². The molecule has 1 heterocycles. The Balaban J connectivity index is 1.22. The Kier molecular flexibility index (Phi) is 10.1. The molecule has 0 spiro atoms. The highest BCUT2D eigenvalue weighted by Crippen LogP contribution is 2.76. The number of hydrogen-bond donors (Lipinski definition) is 9. The van der Waals surface area contributed by atoms with Crippen LogP contribution in [-0.2, 0) is 14.3 Å². The molecule has 6 aliphatic rings. The number of esters is 1. The first-order chi connectivity index (χ1) is 26.0. The van der Waals surface area contributed by atoms with E-state index >= 15 is 0 Å². The zero-order valence-electron chi connectivity index (χ0n) is 33.4. The second kappa shape index (κ2) is 13.6. The number of fused-ring (bicyclic) bond motifs is 7. The number of phenols is 3. The number of aliphatic hydroxyl groups is 6. The molecule has 4 saturated carbocycles. The smallest absolute Gasteiger partial charge is 0.315 e. The number of phenolic OH excluding ortho intramolecular Hbond substituents is 3. The maximum absolute atomic E-state index is 14.6. The molecule has 0 radical (unpaired) electrons. The van der Waals surface area contributed by atoms with Gasteiger partial charge in [-0.2, -0.15) is 0 Å². The monoisotopic (exact) mass is 786 g/mol. The fourth-order valence-corrected chi connectivity index (χ4v) is 13.4. The third kappa shape index (κ3) is 5.88. The van der Waals surface area contributed by atoms with Gasteiger partial charge >= 0.3 is 5.97 Å². The molecule has 0 amide bonds. The van der Waals surface area contributed by atoms with Gasteiger partial charge < -0.3 is 55.4 Å². The van der Waals surface area contributed by atoms with Crippen molar-refractivity contribution in [3.63, 3.8) is 0 Å². The molecule has 312 valence electrons. The van der Waals surface area contributed by atoms with E-state index in [-0.39, 0.29) is 46.0 Å². The van der Waals surface area contributed by atoms with E-state index in [4.69, 9.17) is 9.47 Å². The number of benzene rings is 1. The van der Waals surface area contributed by atoms with Gasteiger partial charge in [-0.15, -0.1) is 0 Å². The van der Waals surface area contributed by atoms with E-state index in [9.17, 15) is 55.5 Å². The maximum Gasteiger partial charge on any atom is 0.315 e. The van der Waals surface area contributed by atoms with Gasteiger partial charge in [0.1, 0.15) is 24.4 Å². The lowest BCUT2D eigenvalue weighted by atomic mass is 9.33. The number of Topliss-reactive ketones (excluding diaryl/α,β-unsaturated/α-hetero) is 1. The van der Waals surface area contributed by atoms with Crippen LogP contribution in [0.25, 0.3) is 0 Å². The average Bonchev–Trinajstić information content (AvgIpc) is 3.12. The van der Waals surface area contributed by atoms with Crippen molar-refractivity contribution in [2.75, 3.05) is 6.61 Å². The van der Waals surface area contributed by atoms with Crippen molar-refractivity contribution >= 4 is 11.8 Å². The van der Waals surface area contributed by atoms with Gasteiger partial charge in [0.2, 0.25) is 6.29 Å². The van der Waals surface area contributed by atoms with Crippen molar-refractivity contribution in [1.29, 1.82) is 0 Å². The Bertz CT molecular complexity index is 1750. The van der Waals surface area contributed by atoms with Crippen LogP contribution in [0, 0.1) is 50.2 Å². The largest absolute Gasteiger partial charge is 0.504 e. The predicted octanol–water partition coefficient (Wildman–Crippen LogP) is 3.83. The number of ketones is 1. The summed E-state index contributed by atoms with van der Waals surface area (Å²) in [4.78, 5) is 28.4. The van der Waals surface area contributed by atoms with Crippen LogP contribution in [0.4, 0.5) is 0 Å². The lowest BCUT2D eigenvalue weighted by Crippen LogP contribution is -2.68. The molecule has 7 rings (SSSR count). The van der Waals surface area contributed by atoms with E-state index in [1.165, 1.54) is 5.57 Å². The van der Waals surface area contributed by atoms with Crippen molar-refractivity contribution < 1.29 is 65.0 Å². The van der Waals surface area contributed by atoms with Crippen molar-refractivity contribution in [2.24, 2.45) is 50.2 Å². The third-order valence-electron chi connectivity index (χ3n) is 16.8. The van der Waals surface area contributed by atoms with Crippen LogP contribution in [0.15, 0.2) is 23.8 Å². The lowest BCUT2D eigenvalue weighted by Gasteiger charge is -2.71. The fourth-order valence-electron chi connectivity index (χ4n) is 13.4. The lowest BCUT2D eigenvalue weighted by molar-refractivity contribution is -0.297. The van der Waals surface area contributed by atoms with E-state index in [0.29, 0.717) is 38.5 Å². The molecule has 1 aliphatic heterocycles. The minimum atomic E-state index is -1.70. The van der Waals surface area contributed by atoms with Gasteiger partial charge in [0.15, 0.2) is 23.0 Å². The number of ether oxygens (including phenoxy) is 2. The molecule has 0 unspecified atom stereocenters. The quantitative estimate of drug-likeness (QED) is 0.0865. The Morgan fingerprint density at radius 3 is 2.11 bits per heavy atom. The molecule has 5 aliphatic carbocycles. The van der Waals surface area contributed by atoms with Crippen LogP contribution in [-0.4, -0.2) is 107 Å². The molecule has 15 atom stereocenters. The van der Waals surface area contributed by atoms with Crippen LogP contribution in [0.2, 0.25) is 0 Å². The van der Waals surface area contributed by atoms with Crippen molar-refractivity contribution in [3.8, 4) is 17.2 Å². The van der Waals surface area contributed by atoms with Gasteiger partial charge in [0.25, 0.3) is 0 Å². The number of aromatic hydroxyl groups is 3. The summed E-state index contributed by atoms with van der Waals surface area (Å²) in [6.07, 6.45) is -2.16. The van der Waals surface area contributed by atoms with Crippen molar-refractivity contribution in [3.05, 3.63) is 29.3 Å². The second-order valence-electron chi connectivity index (χ2n) is 20.2. The van der Waals surface area contributed by atoms with Gasteiger partial charge in [0, 0.05) is 17.4 Å². The molecule has 9 N–H and O–H groups in total. The normalized spacial score (nSPS) is 47.0. The minimum absolute atomic E-state index is 0.00226. The van der Waals surface area contributed by atoms with Gasteiger partial charge in [-0.25, -0.2) is 0 Å². The molecule has 0 aromatic heterocycles. The summed E-state index contributed by atoms with van der Waals surface area (Å²) in [6.45, 7) is 12.5. The third-order valence-corrected chi connectivity index (χ3v) is 16.8. The number of rotatable bonds is 6. The molecular weight excluding hydrogens is 724 g/mol. The first kappa shape index (κ1) is 41.4. The Morgan fingerprint density at radius 2 is 1.46 bits per heavy atom. The molecule has 5 fully saturated rings. The predicted molar refractivity (Wildman–Crippen MR) is 201 cm³/mol. The van der Waals surface area contributed by atoms with Crippen LogP contribution < -0.4 is 0 Å². The summed E-state index contributed by atoms with van der Waals surface area (Å²) in [5.74, 6) is -3.24. The van der Waals surface area contributed by atoms with E-state index in [1.54, 1.807) is 0 Å². The first-order valence-electron chi connectivity index (χ1n) is 20.4. The highest BCUT2D eigenvalue weighted by molar-refractivity contribution is 5.97. The van der Waals surface area contributed by atoms with Crippen LogP contribution >= 0.6 is 0 Å². The van der Waals surface area contributed by atoms with E-state index in [0.717, 1.165) is 31.4 Å². The second-order valence-corrected chi connectivity index (χ2v) is 20.2. The minimum Gasteiger partial charge on any atom is -0.504 e. The Morgan fingerprint density at radius 1 is 0.821 bits per heavy atom. The highest BCUT2D eigenvalue weighted by atomic mass is 16.7. The Hall–Kier alpha value is -2.78. The van der Waals surface area contributed by atoms with E-state index < -0.39 is 94.8 Å². The summed E-state index contributed by atoms with van der Waals surface area (Å²) in [6, 6.07) is 2.21. The van der Waals surface area contributed by atoms with E-state index in [2.05, 4.69) is 40.7 Å². The number of aliphatic hydroxyl groups excluding tert-OH is 6. The number of carbonyl (C=O) groups is 2. The summed E-state index contributed by atoms with van der Waals surface area (Å²) in [7, 11) is 0. The number of carbonyl (C=O) groups excluding carboxylic acids is 2. The zero-order chi connectivity index (χ0) is 41.1. The standard InChI is InChI=1S/C43H62O13/c1-38(2)11-13-43(37(54)56-36-34(52)33(51)32(50)28(20-44)55-36)14-12-41(5)22(23(43)17-38)7-8-30-39(3)19-27(48)35(53)40(4,29(39)9-10-42(30,41)6)18-26(47)21-15-24(45)31(49)25(46)16-21/h7,15-16,23,27-30,32-36,44-46,48-53H,8-14,17-20H2,1-6H3/t23-,27+,28+,29+,30+,32+,33-,34+,35-,36-,39-,40-,41+,42+,43-/m0/s1. The molecule has 0 bridgehead atoms. The van der Waals surface area contributed by atoms with Crippen LogP contribution in [0.3, 0.4) is 0 Å². The van der Waals surface area contributed by atoms with Crippen LogP contribution in [0.5, 0.6) is 17.2 Å². The fraction of sp³-hybridized carbons (Fsp3) is 0.767. The topological polar surface area (TPSA) is 235 Å². The molecule has 56 heavy (non-hydrogen) atoms. The van der Waals surface area contributed by atoms with Gasteiger partial charge in [-0.3, -0.25) is 9.59 Å². The zero-order valence-corrected chi connectivity index (χ0v) is 33.4. The molecule has 1 saturated heterocycles.